The van der Waals surface area contributed by atoms with Crippen molar-refractivity contribution < 1.29 is 14.4 Å². The third-order valence-electron chi connectivity index (χ3n) is 5.51. The van der Waals surface area contributed by atoms with E-state index in [9.17, 15) is 14.4 Å². The van der Waals surface area contributed by atoms with Crippen molar-refractivity contribution in [3.05, 3.63) is 45.7 Å². The van der Waals surface area contributed by atoms with Crippen LogP contribution in [-0.4, -0.2) is 41.4 Å². The summed E-state index contributed by atoms with van der Waals surface area (Å²) < 4.78 is 1.01. The molecule has 0 radical (unpaired) electrons. The van der Waals surface area contributed by atoms with Gasteiger partial charge in [-0.25, -0.2) is 4.79 Å². The number of imide groups is 1. The van der Waals surface area contributed by atoms with Crippen LogP contribution in [0.3, 0.4) is 0 Å². The van der Waals surface area contributed by atoms with Crippen LogP contribution in [-0.2, 0) is 4.79 Å². The van der Waals surface area contributed by atoms with Crippen molar-refractivity contribution in [3.63, 3.8) is 0 Å². The number of benzene rings is 1. The normalized spacial score (nSPS) is 17.8. The molecule has 2 fully saturated rings. The van der Waals surface area contributed by atoms with Gasteiger partial charge in [0.2, 0.25) is 0 Å². The second kappa shape index (κ2) is 8.28. The minimum absolute atomic E-state index is 0.108. The van der Waals surface area contributed by atoms with Crippen LogP contribution in [0.4, 0.5) is 4.79 Å². The first kappa shape index (κ1) is 20.1. The van der Waals surface area contributed by atoms with Crippen LogP contribution in [0.15, 0.2) is 40.9 Å². The summed E-state index contributed by atoms with van der Waals surface area (Å²) in [5.74, 6) is -0.244. The van der Waals surface area contributed by atoms with Crippen molar-refractivity contribution in [3.8, 4) is 10.4 Å². The minimum Gasteiger partial charge on any atom is -0.351 e. The Morgan fingerprint density at radius 1 is 1.14 bits per heavy atom. The molecule has 6 nitrogen and oxygen atoms in total. The standard InChI is InChI=1S/C21H22BrN3O3S/c22-15-6-4-14(5-7-15)16-8-9-17(29-16)18(26)23-12-3-13-25-19(27)21(24-20(25)28)10-1-2-11-21/h4-9H,1-3,10-13H2,(H,23,26)(H,24,28). The van der Waals surface area contributed by atoms with E-state index in [1.165, 1.54) is 16.2 Å². The van der Waals surface area contributed by atoms with Crippen LogP contribution in [0.25, 0.3) is 10.4 Å². The molecule has 4 amide bonds. The Labute approximate surface area is 181 Å². The molecule has 2 aromatic rings. The number of amides is 4. The molecule has 1 aromatic heterocycles. The molecule has 4 rings (SSSR count). The molecule has 1 aliphatic carbocycles. The van der Waals surface area contributed by atoms with Crippen molar-refractivity contribution in [1.82, 2.24) is 15.5 Å². The molecule has 1 saturated carbocycles. The minimum atomic E-state index is -0.666. The first-order valence-electron chi connectivity index (χ1n) is 9.77. The van der Waals surface area contributed by atoms with Gasteiger partial charge in [0.05, 0.1) is 4.88 Å². The average molecular weight is 476 g/mol. The zero-order valence-electron chi connectivity index (χ0n) is 15.9. The Morgan fingerprint density at radius 3 is 2.59 bits per heavy atom. The Bertz CT molecular complexity index is 935. The van der Waals surface area contributed by atoms with Gasteiger partial charge in [-0.1, -0.05) is 40.9 Å². The fourth-order valence-corrected chi connectivity index (χ4v) is 5.14. The van der Waals surface area contributed by atoms with Crippen LogP contribution in [0.2, 0.25) is 0 Å². The highest BCUT2D eigenvalue weighted by Crippen LogP contribution is 2.35. The quantitative estimate of drug-likeness (QED) is 0.486. The molecular formula is C21H22BrN3O3S. The molecular weight excluding hydrogens is 454 g/mol. The van der Waals surface area contributed by atoms with Crippen molar-refractivity contribution in [2.45, 2.75) is 37.6 Å². The van der Waals surface area contributed by atoms with E-state index in [4.69, 9.17) is 0 Å². The molecule has 2 N–H and O–H groups in total. The lowest BCUT2D eigenvalue weighted by Gasteiger charge is -2.20. The summed E-state index contributed by atoms with van der Waals surface area (Å²) in [6, 6.07) is 11.4. The van der Waals surface area contributed by atoms with Crippen LogP contribution in [0.1, 0.15) is 41.8 Å². The molecule has 1 aromatic carbocycles. The predicted octanol–water partition coefficient (Wildman–Crippen LogP) is 4.16. The molecule has 29 heavy (non-hydrogen) atoms. The highest BCUT2D eigenvalue weighted by atomic mass is 79.9. The second-order valence-electron chi connectivity index (χ2n) is 7.46. The lowest BCUT2D eigenvalue weighted by atomic mass is 9.98. The number of urea groups is 1. The van der Waals surface area contributed by atoms with Crippen molar-refractivity contribution in [2.24, 2.45) is 0 Å². The smallest absolute Gasteiger partial charge is 0.325 e. The summed E-state index contributed by atoms with van der Waals surface area (Å²) in [5.41, 5.74) is 0.400. The fraction of sp³-hybridized carbons (Fsp3) is 0.381. The zero-order chi connectivity index (χ0) is 20.4. The molecule has 0 unspecified atom stereocenters. The van der Waals surface area contributed by atoms with E-state index in [2.05, 4.69) is 26.6 Å². The van der Waals surface area contributed by atoms with E-state index >= 15 is 0 Å². The van der Waals surface area contributed by atoms with Gasteiger partial charge in [-0.2, -0.15) is 0 Å². The largest absolute Gasteiger partial charge is 0.351 e. The molecule has 2 heterocycles. The Kier molecular flexibility index (Phi) is 5.74. The van der Waals surface area contributed by atoms with Crippen LogP contribution < -0.4 is 10.6 Å². The predicted molar refractivity (Wildman–Crippen MR) is 116 cm³/mol. The van der Waals surface area contributed by atoms with E-state index in [1.54, 1.807) is 0 Å². The lowest BCUT2D eigenvalue weighted by Crippen LogP contribution is -2.44. The van der Waals surface area contributed by atoms with Crippen LogP contribution in [0, 0.1) is 0 Å². The van der Waals surface area contributed by atoms with E-state index in [0.29, 0.717) is 24.4 Å². The summed E-state index contributed by atoms with van der Waals surface area (Å²) >= 11 is 4.86. The number of hydrogen-bond acceptors (Lipinski definition) is 4. The first-order valence-corrected chi connectivity index (χ1v) is 11.4. The molecule has 1 saturated heterocycles. The van der Waals surface area contributed by atoms with Crippen LogP contribution in [0.5, 0.6) is 0 Å². The van der Waals surface area contributed by atoms with E-state index in [1.807, 2.05) is 36.4 Å². The lowest BCUT2D eigenvalue weighted by molar-refractivity contribution is -0.131. The summed E-state index contributed by atoms with van der Waals surface area (Å²) in [7, 11) is 0. The summed E-state index contributed by atoms with van der Waals surface area (Å²) in [5, 5.41) is 5.76. The number of carbonyl (C=O) groups is 3. The monoisotopic (exact) mass is 475 g/mol. The molecule has 8 heteroatoms. The molecule has 1 spiro atoms. The Morgan fingerprint density at radius 2 is 1.86 bits per heavy atom. The van der Waals surface area contributed by atoms with Gasteiger partial charge in [0.15, 0.2) is 0 Å². The number of nitrogens with zero attached hydrogens (tertiary/aromatic N) is 1. The van der Waals surface area contributed by atoms with Gasteiger partial charge < -0.3 is 10.6 Å². The molecule has 152 valence electrons. The Balaban J connectivity index is 1.27. The molecule has 0 bridgehead atoms. The molecule has 0 atom stereocenters. The molecule has 2 aliphatic rings. The van der Waals surface area contributed by atoms with Crippen molar-refractivity contribution in [1.29, 1.82) is 0 Å². The topological polar surface area (TPSA) is 78.5 Å². The number of carbonyl (C=O) groups excluding carboxylic acids is 3. The van der Waals surface area contributed by atoms with Gasteiger partial charge >= 0.3 is 6.03 Å². The van der Waals surface area contributed by atoms with E-state index in [-0.39, 0.29) is 17.8 Å². The SMILES string of the molecule is O=C(NCCCN1C(=O)NC2(CCCC2)C1=O)c1ccc(-c2ccc(Br)cc2)s1. The number of thiophene rings is 1. The summed E-state index contributed by atoms with van der Waals surface area (Å²) in [4.78, 5) is 40.1. The van der Waals surface area contributed by atoms with Gasteiger partial charge in [-0.15, -0.1) is 11.3 Å². The van der Waals surface area contributed by atoms with E-state index < -0.39 is 5.54 Å². The number of nitrogens with one attached hydrogen (secondary N) is 2. The third kappa shape index (κ3) is 4.09. The zero-order valence-corrected chi connectivity index (χ0v) is 18.3. The van der Waals surface area contributed by atoms with Gasteiger partial charge in [0.25, 0.3) is 11.8 Å². The third-order valence-corrected chi connectivity index (χ3v) is 7.17. The first-order chi connectivity index (χ1) is 14.0. The highest BCUT2D eigenvalue weighted by molar-refractivity contribution is 9.10. The van der Waals surface area contributed by atoms with E-state index in [0.717, 1.165) is 40.6 Å². The maximum Gasteiger partial charge on any atom is 0.325 e. The van der Waals surface area contributed by atoms with Gasteiger partial charge in [-0.3, -0.25) is 14.5 Å². The number of hydrogen-bond donors (Lipinski definition) is 2. The number of rotatable bonds is 6. The maximum atomic E-state index is 12.6. The fourth-order valence-electron chi connectivity index (χ4n) is 3.95. The Hall–Kier alpha value is -2.19. The highest BCUT2D eigenvalue weighted by Gasteiger charge is 2.51. The van der Waals surface area contributed by atoms with Gasteiger partial charge in [0, 0.05) is 22.4 Å². The number of halogens is 1. The van der Waals surface area contributed by atoms with Crippen molar-refractivity contribution in [2.75, 3.05) is 13.1 Å². The van der Waals surface area contributed by atoms with Crippen molar-refractivity contribution >= 4 is 45.1 Å². The maximum absolute atomic E-state index is 12.6. The summed E-state index contributed by atoms with van der Waals surface area (Å²) in [6.45, 7) is 0.732. The average Bonchev–Trinajstić information content (AvgIpc) is 3.42. The van der Waals surface area contributed by atoms with Gasteiger partial charge in [0.1, 0.15) is 5.54 Å². The van der Waals surface area contributed by atoms with Gasteiger partial charge in [-0.05, 0) is 49.1 Å². The second-order valence-corrected chi connectivity index (χ2v) is 9.46. The summed E-state index contributed by atoms with van der Waals surface area (Å²) in [6.07, 6.45) is 3.93. The molecule has 1 aliphatic heterocycles. The van der Waals surface area contributed by atoms with Crippen LogP contribution >= 0.6 is 27.3 Å².